The molecule has 0 aliphatic rings. The van der Waals surface area contributed by atoms with Crippen LogP contribution < -0.4 is 11.1 Å². The number of guanidine groups is 1. The van der Waals surface area contributed by atoms with Crippen LogP contribution in [0.3, 0.4) is 0 Å². The monoisotopic (exact) mass is 397 g/mol. The second-order valence-corrected chi connectivity index (χ2v) is 7.23. The highest BCUT2D eigenvalue weighted by Crippen LogP contribution is 2.10. The molecule has 0 spiro atoms. The maximum Gasteiger partial charge on any atom is 0.328 e. The van der Waals surface area contributed by atoms with Gasteiger partial charge in [-0.15, -0.1) is 0 Å². The smallest absolute Gasteiger partial charge is 0.328 e. The lowest BCUT2D eigenvalue weighted by Gasteiger charge is -2.02. The average molecular weight is 397 g/mol. The van der Waals surface area contributed by atoms with Crippen LogP contribution in [0.2, 0.25) is 0 Å². The number of carboxylic acids is 1. The zero-order valence-electron chi connectivity index (χ0n) is 13.2. The first kappa shape index (κ1) is 24.8. The van der Waals surface area contributed by atoms with Gasteiger partial charge in [0.1, 0.15) is 0 Å². The van der Waals surface area contributed by atoms with Gasteiger partial charge in [0.25, 0.3) is 20.2 Å². The van der Waals surface area contributed by atoms with Crippen molar-refractivity contribution in [3.05, 3.63) is 35.9 Å². The van der Waals surface area contributed by atoms with Crippen LogP contribution in [0.25, 0.3) is 6.08 Å². The van der Waals surface area contributed by atoms with Crippen molar-refractivity contribution < 1.29 is 35.8 Å². The fourth-order valence-electron chi connectivity index (χ4n) is 1.00. The van der Waals surface area contributed by atoms with Crippen LogP contribution in [-0.4, -0.2) is 55.5 Å². The van der Waals surface area contributed by atoms with E-state index in [0.29, 0.717) is 18.2 Å². The molecule has 1 rings (SSSR count). The molecule has 0 saturated carbocycles. The van der Waals surface area contributed by atoms with E-state index < -0.39 is 26.2 Å². The lowest BCUT2D eigenvalue weighted by atomic mass is 10.2. The summed E-state index contributed by atoms with van der Waals surface area (Å²) in [6.45, 7) is 0. The van der Waals surface area contributed by atoms with Gasteiger partial charge < -0.3 is 16.2 Å². The van der Waals surface area contributed by atoms with Crippen LogP contribution in [0.1, 0.15) is 5.56 Å². The van der Waals surface area contributed by atoms with Gasteiger partial charge in [0.15, 0.2) is 5.96 Å². The molecule has 0 atom stereocenters. The second kappa shape index (κ2) is 11.1. The number of nitrogens with one attached hydrogen (secondary N) is 2. The van der Waals surface area contributed by atoms with Crippen molar-refractivity contribution in [3.63, 3.8) is 0 Å². The molecule has 0 fully saturated rings. The van der Waals surface area contributed by atoms with E-state index in [-0.39, 0.29) is 5.96 Å². The average Bonchev–Trinajstić information content (AvgIpc) is 2.33. The number of nitrogens with two attached hydrogens (primary N) is 1. The van der Waals surface area contributed by atoms with E-state index in [1.165, 1.54) is 6.08 Å². The van der Waals surface area contributed by atoms with E-state index >= 15 is 0 Å². The molecule has 1 aromatic rings. The molecule has 25 heavy (non-hydrogen) atoms. The minimum atomic E-state index is -3.67. The van der Waals surface area contributed by atoms with Gasteiger partial charge in [0, 0.05) is 11.8 Å². The Morgan fingerprint density at radius 3 is 1.72 bits per heavy atom. The Morgan fingerprint density at radius 1 is 1.08 bits per heavy atom. The standard InChI is InChI=1S/C10H11N3O2.2CH4O3S/c11-10(12)13-8-4-1-7(2-5-8)3-6-9(14)15;2*1-5(2,3)4/h1-6H,(H,14,15)(H4,11,12,13);2*1H3,(H,2,3,4). The Bertz CT molecular complexity index is 753. The Kier molecular flexibility index (Phi) is 11.0. The summed E-state index contributed by atoms with van der Waals surface area (Å²) in [5, 5.41) is 18.0. The fourth-order valence-corrected chi connectivity index (χ4v) is 1.00. The molecule has 0 radical (unpaired) electrons. The highest BCUT2D eigenvalue weighted by atomic mass is 32.2. The predicted octanol–water partition coefficient (Wildman–Crippen LogP) is 0.0978. The van der Waals surface area contributed by atoms with Crippen LogP contribution in [0.15, 0.2) is 30.3 Å². The Labute approximate surface area is 145 Å². The highest BCUT2D eigenvalue weighted by Gasteiger charge is 1.93. The summed E-state index contributed by atoms with van der Waals surface area (Å²) in [4.78, 5) is 10.2. The van der Waals surface area contributed by atoms with Crippen LogP contribution >= 0.6 is 0 Å². The Balaban J connectivity index is 0. The van der Waals surface area contributed by atoms with E-state index in [0.717, 1.165) is 11.6 Å². The number of carboxylic acid groups (broad SMARTS) is 1. The van der Waals surface area contributed by atoms with Gasteiger partial charge in [0.2, 0.25) is 0 Å². The summed E-state index contributed by atoms with van der Waals surface area (Å²) in [5.74, 6) is -1.12. The number of rotatable bonds is 3. The molecule has 0 unspecified atom stereocenters. The normalized spacial score (nSPS) is 10.7. The van der Waals surface area contributed by atoms with Gasteiger partial charge in [0.05, 0.1) is 12.5 Å². The summed E-state index contributed by atoms with van der Waals surface area (Å²) in [7, 11) is -7.33. The number of carbonyl (C=O) groups is 1. The van der Waals surface area contributed by atoms with Gasteiger partial charge in [-0.2, -0.15) is 16.8 Å². The predicted molar refractivity (Wildman–Crippen MR) is 93.6 cm³/mol. The number of hydrogen-bond donors (Lipinski definition) is 6. The molecule has 142 valence electrons. The van der Waals surface area contributed by atoms with Crippen LogP contribution in [-0.2, 0) is 25.0 Å². The van der Waals surface area contributed by atoms with Crippen molar-refractivity contribution in [2.45, 2.75) is 0 Å². The topological polar surface area (TPSA) is 208 Å². The van der Waals surface area contributed by atoms with Crippen molar-refractivity contribution in [1.82, 2.24) is 0 Å². The third-order valence-electron chi connectivity index (χ3n) is 1.61. The first-order valence-electron chi connectivity index (χ1n) is 6.05. The number of benzene rings is 1. The molecule has 0 bridgehead atoms. The molecule has 0 aliphatic heterocycles. The SMILES string of the molecule is CS(=O)(=O)O.CS(=O)(=O)O.N=C(N)Nc1ccc(C=CC(=O)O)cc1. The molecule has 0 saturated heterocycles. The minimum absolute atomic E-state index is 0.135. The van der Waals surface area contributed by atoms with Gasteiger partial charge >= 0.3 is 5.97 Å². The molecular formula is C12H19N3O8S2. The van der Waals surface area contributed by atoms with Gasteiger partial charge in [-0.1, -0.05) is 12.1 Å². The molecule has 0 amide bonds. The van der Waals surface area contributed by atoms with Gasteiger partial charge in [-0.3, -0.25) is 14.5 Å². The maximum absolute atomic E-state index is 10.2. The number of aliphatic carboxylic acids is 1. The first-order valence-corrected chi connectivity index (χ1v) is 9.74. The summed E-state index contributed by atoms with van der Waals surface area (Å²) in [6.07, 6.45) is 3.98. The number of anilines is 1. The third-order valence-corrected chi connectivity index (χ3v) is 1.61. The van der Waals surface area contributed by atoms with E-state index in [4.69, 9.17) is 25.4 Å². The quantitative estimate of drug-likeness (QED) is 0.175. The van der Waals surface area contributed by atoms with Crippen LogP contribution in [0, 0.1) is 5.41 Å². The molecule has 0 aliphatic carbocycles. The molecule has 0 aromatic heterocycles. The minimum Gasteiger partial charge on any atom is -0.478 e. The van der Waals surface area contributed by atoms with E-state index in [9.17, 15) is 21.6 Å². The second-order valence-electron chi connectivity index (χ2n) is 4.30. The van der Waals surface area contributed by atoms with E-state index in [1.54, 1.807) is 24.3 Å². The third kappa shape index (κ3) is 30.0. The molecule has 13 heteroatoms. The Morgan fingerprint density at radius 2 is 1.44 bits per heavy atom. The summed E-state index contributed by atoms with van der Waals surface area (Å²) in [5.41, 5.74) is 6.60. The summed E-state index contributed by atoms with van der Waals surface area (Å²) < 4.78 is 51.7. The molecular weight excluding hydrogens is 378 g/mol. The van der Waals surface area contributed by atoms with Crippen molar-refractivity contribution in [2.24, 2.45) is 5.73 Å². The largest absolute Gasteiger partial charge is 0.478 e. The van der Waals surface area contributed by atoms with Crippen molar-refractivity contribution in [3.8, 4) is 0 Å². The van der Waals surface area contributed by atoms with Crippen molar-refractivity contribution >= 4 is 43.9 Å². The zero-order valence-corrected chi connectivity index (χ0v) is 14.9. The van der Waals surface area contributed by atoms with Crippen LogP contribution in [0.5, 0.6) is 0 Å². The van der Waals surface area contributed by atoms with Gasteiger partial charge in [-0.05, 0) is 23.8 Å². The molecule has 11 nitrogen and oxygen atoms in total. The van der Waals surface area contributed by atoms with Gasteiger partial charge in [-0.25, -0.2) is 4.79 Å². The van der Waals surface area contributed by atoms with Crippen molar-refractivity contribution in [1.29, 1.82) is 5.41 Å². The molecule has 1 aromatic carbocycles. The van der Waals surface area contributed by atoms with Crippen molar-refractivity contribution in [2.75, 3.05) is 17.8 Å². The lowest BCUT2D eigenvalue weighted by Crippen LogP contribution is -2.20. The summed E-state index contributed by atoms with van der Waals surface area (Å²) in [6, 6.07) is 6.88. The van der Waals surface area contributed by atoms with E-state index in [2.05, 4.69) is 5.32 Å². The zero-order chi connectivity index (χ0) is 20.3. The highest BCUT2D eigenvalue weighted by molar-refractivity contribution is 7.85. The molecule has 7 N–H and O–H groups in total. The maximum atomic E-state index is 10.2. The van der Waals surface area contributed by atoms with Crippen LogP contribution in [0.4, 0.5) is 5.69 Å². The lowest BCUT2D eigenvalue weighted by molar-refractivity contribution is -0.131. The molecule has 0 heterocycles. The number of hydrogen-bond acceptors (Lipinski definition) is 6. The Hall–Kier alpha value is -2.48. The summed E-state index contributed by atoms with van der Waals surface area (Å²) >= 11 is 0. The van der Waals surface area contributed by atoms with E-state index in [1.807, 2.05) is 0 Å². The fraction of sp³-hybridized carbons (Fsp3) is 0.167. The first-order chi connectivity index (χ1) is 11.1.